The first-order valence-electron chi connectivity index (χ1n) is 4.56. The summed E-state index contributed by atoms with van der Waals surface area (Å²) in [4.78, 5) is 18.0. The summed E-state index contributed by atoms with van der Waals surface area (Å²) in [6, 6.07) is 4.84. The Kier molecular flexibility index (Phi) is 2.25. The summed E-state index contributed by atoms with van der Waals surface area (Å²) >= 11 is 0. The number of benzene rings is 1. The number of aromatic nitrogens is 2. The number of rotatable bonds is 2. The summed E-state index contributed by atoms with van der Waals surface area (Å²) in [5.41, 5.74) is 1.76. The van der Waals surface area contributed by atoms with Gasteiger partial charge in [-0.3, -0.25) is 0 Å². The van der Waals surface area contributed by atoms with Gasteiger partial charge in [0.05, 0.1) is 16.6 Å². The standard InChI is InChI=1S/C11H10N2O2/c1-2-3-10-12-8-5-4-7(11(14)15)6-9(8)13-10/h2-6H,1H3,(H,12,13)(H,14,15). The zero-order valence-corrected chi connectivity index (χ0v) is 8.19. The van der Waals surface area contributed by atoms with E-state index < -0.39 is 5.97 Å². The monoisotopic (exact) mass is 202 g/mol. The Morgan fingerprint density at radius 1 is 1.53 bits per heavy atom. The van der Waals surface area contributed by atoms with Crippen molar-refractivity contribution in [1.29, 1.82) is 0 Å². The fraction of sp³-hybridized carbons (Fsp3) is 0.0909. The van der Waals surface area contributed by atoms with Crippen LogP contribution in [-0.4, -0.2) is 21.0 Å². The Bertz CT molecular complexity index is 541. The number of carboxylic acid groups (broad SMARTS) is 1. The topological polar surface area (TPSA) is 66.0 Å². The zero-order chi connectivity index (χ0) is 10.8. The van der Waals surface area contributed by atoms with Gasteiger partial charge in [-0.1, -0.05) is 6.08 Å². The first-order chi connectivity index (χ1) is 7.20. The van der Waals surface area contributed by atoms with Crippen LogP contribution in [0.1, 0.15) is 23.1 Å². The predicted molar refractivity (Wildman–Crippen MR) is 57.8 cm³/mol. The van der Waals surface area contributed by atoms with Crippen molar-refractivity contribution in [2.75, 3.05) is 0 Å². The average Bonchev–Trinajstić information content (AvgIpc) is 2.59. The lowest BCUT2D eigenvalue weighted by atomic mass is 10.2. The van der Waals surface area contributed by atoms with Gasteiger partial charge in [0.1, 0.15) is 5.82 Å². The van der Waals surface area contributed by atoms with E-state index in [1.165, 1.54) is 0 Å². The van der Waals surface area contributed by atoms with Gasteiger partial charge in [0.15, 0.2) is 0 Å². The maximum atomic E-state index is 10.7. The highest BCUT2D eigenvalue weighted by atomic mass is 16.4. The fourth-order valence-corrected chi connectivity index (χ4v) is 1.40. The first-order valence-corrected chi connectivity index (χ1v) is 4.56. The lowest BCUT2D eigenvalue weighted by Gasteiger charge is -1.92. The molecule has 15 heavy (non-hydrogen) atoms. The van der Waals surface area contributed by atoms with E-state index >= 15 is 0 Å². The Morgan fingerprint density at radius 3 is 3.00 bits per heavy atom. The molecule has 0 aliphatic carbocycles. The van der Waals surface area contributed by atoms with Gasteiger partial charge in [-0.05, 0) is 31.2 Å². The molecule has 0 fully saturated rings. The van der Waals surface area contributed by atoms with Crippen molar-refractivity contribution in [3.63, 3.8) is 0 Å². The van der Waals surface area contributed by atoms with Crippen molar-refractivity contribution in [3.8, 4) is 0 Å². The highest BCUT2D eigenvalue weighted by Gasteiger charge is 2.05. The molecule has 0 aliphatic heterocycles. The molecule has 4 heteroatoms. The first kappa shape index (κ1) is 9.45. The smallest absolute Gasteiger partial charge is 0.335 e. The van der Waals surface area contributed by atoms with Gasteiger partial charge in [0.25, 0.3) is 0 Å². The summed E-state index contributed by atoms with van der Waals surface area (Å²) in [5.74, 6) is -0.206. The van der Waals surface area contributed by atoms with Gasteiger partial charge in [-0.2, -0.15) is 0 Å². The van der Waals surface area contributed by atoms with E-state index in [-0.39, 0.29) is 5.56 Å². The SMILES string of the molecule is CC=Cc1nc2cc(C(=O)O)ccc2[nH]1. The van der Waals surface area contributed by atoms with Gasteiger partial charge in [-0.25, -0.2) is 9.78 Å². The van der Waals surface area contributed by atoms with E-state index in [1.54, 1.807) is 18.2 Å². The van der Waals surface area contributed by atoms with Gasteiger partial charge >= 0.3 is 5.97 Å². The van der Waals surface area contributed by atoms with Crippen LogP contribution in [0.5, 0.6) is 0 Å². The number of hydrogen-bond acceptors (Lipinski definition) is 2. The Hall–Kier alpha value is -2.10. The molecule has 0 bridgehead atoms. The number of aromatic amines is 1. The van der Waals surface area contributed by atoms with Gasteiger partial charge in [-0.15, -0.1) is 0 Å². The molecule has 1 heterocycles. The molecule has 0 saturated heterocycles. The highest BCUT2D eigenvalue weighted by Crippen LogP contribution is 2.14. The van der Waals surface area contributed by atoms with Crippen LogP contribution in [0.15, 0.2) is 24.3 Å². The normalized spacial score (nSPS) is 11.3. The molecule has 2 aromatic rings. The maximum absolute atomic E-state index is 10.7. The van der Waals surface area contributed by atoms with Crippen molar-refractivity contribution in [2.45, 2.75) is 6.92 Å². The molecule has 76 valence electrons. The Balaban J connectivity index is 2.56. The summed E-state index contributed by atoms with van der Waals surface area (Å²) in [6.45, 7) is 1.90. The minimum absolute atomic E-state index is 0.251. The van der Waals surface area contributed by atoms with Gasteiger partial charge in [0, 0.05) is 0 Å². The van der Waals surface area contributed by atoms with E-state index in [9.17, 15) is 4.79 Å². The fourth-order valence-electron chi connectivity index (χ4n) is 1.40. The number of carbonyl (C=O) groups is 1. The number of carboxylic acids is 1. The summed E-state index contributed by atoms with van der Waals surface area (Å²) in [6.07, 6.45) is 3.70. The second-order valence-corrected chi connectivity index (χ2v) is 3.16. The molecule has 2 N–H and O–H groups in total. The van der Waals surface area contributed by atoms with Crippen LogP contribution < -0.4 is 0 Å². The molecule has 1 aromatic heterocycles. The molecule has 0 saturated carbocycles. The number of hydrogen-bond donors (Lipinski definition) is 2. The molecular formula is C11H10N2O2. The quantitative estimate of drug-likeness (QED) is 0.785. The minimum Gasteiger partial charge on any atom is -0.478 e. The number of H-pyrrole nitrogens is 1. The van der Waals surface area contributed by atoms with Crippen LogP contribution >= 0.6 is 0 Å². The third kappa shape index (κ3) is 1.74. The molecule has 0 unspecified atom stereocenters. The third-order valence-corrected chi connectivity index (χ3v) is 2.07. The molecular weight excluding hydrogens is 192 g/mol. The van der Waals surface area contributed by atoms with Crippen molar-refractivity contribution >= 4 is 23.1 Å². The largest absolute Gasteiger partial charge is 0.478 e. The van der Waals surface area contributed by atoms with E-state index in [0.29, 0.717) is 5.52 Å². The molecule has 4 nitrogen and oxygen atoms in total. The van der Waals surface area contributed by atoms with Crippen LogP contribution in [0.4, 0.5) is 0 Å². The molecule has 0 atom stereocenters. The third-order valence-electron chi connectivity index (χ3n) is 2.07. The van der Waals surface area contributed by atoms with E-state index in [0.717, 1.165) is 11.3 Å². The molecule has 0 amide bonds. The van der Waals surface area contributed by atoms with Crippen LogP contribution in [0.2, 0.25) is 0 Å². The van der Waals surface area contributed by atoms with Crippen LogP contribution in [0, 0.1) is 0 Å². The van der Waals surface area contributed by atoms with Crippen molar-refractivity contribution in [1.82, 2.24) is 9.97 Å². The number of fused-ring (bicyclic) bond motifs is 1. The van der Waals surface area contributed by atoms with E-state index in [4.69, 9.17) is 5.11 Å². The molecule has 2 rings (SSSR count). The summed E-state index contributed by atoms with van der Waals surface area (Å²) in [7, 11) is 0. The van der Waals surface area contributed by atoms with Crippen LogP contribution in [0.3, 0.4) is 0 Å². The van der Waals surface area contributed by atoms with Crippen molar-refractivity contribution in [3.05, 3.63) is 35.7 Å². The maximum Gasteiger partial charge on any atom is 0.335 e. The predicted octanol–water partition coefficient (Wildman–Crippen LogP) is 2.29. The van der Waals surface area contributed by atoms with Crippen LogP contribution in [-0.2, 0) is 0 Å². The number of aromatic carboxylic acids is 1. The second-order valence-electron chi connectivity index (χ2n) is 3.16. The molecule has 0 radical (unpaired) electrons. The summed E-state index contributed by atoms with van der Waals surface area (Å²) < 4.78 is 0. The molecule has 0 aliphatic rings. The molecule has 1 aromatic carbocycles. The van der Waals surface area contributed by atoms with Crippen molar-refractivity contribution < 1.29 is 9.90 Å². The zero-order valence-electron chi connectivity index (χ0n) is 8.19. The second kappa shape index (κ2) is 3.57. The Labute approximate surface area is 86.3 Å². The van der Waals surface area contributed by atoms with Gasteiger partial charge < -0.3 is 10.1 Å². The lowest BCUT2D eigenvalue weighted by Crippen LogP contribution is -1.94. The number of allylic oxidation sites excluding steroid dienone is 1. The lowest BCUT2D eigenvalue weighted by molar-refractivity contribution is 0.0697. The van der Waals surface area contributed by atoms with E-state index in [1.807, 2.05) is 19.1 Å². The Morgan fingerprint density at radius 2 is 2.33 bits per heavy atom. The number of nitrogens with zero attached hydrogens (tertiary/aromatic N) is 1. The molecule has 0 spiro atoms. The van der Waals surface area contributed by atoms with Crippen LogP contribution in [0.25, 0.3) is 17.1 Å². The van der Waals surface area contributed by atoms with Gasteiger partial charge in [0.2, 0.25) is 0 Å². The average molecular weight is 202 g/mol. The van der Waals surface area contributed by atoms with E-state index in [2.05, 4.69) is 9.97 Å². The number of nitrogens with one attached hydrogen (secondary N) is 1. The summed E-state index contributed by atoms with van der Waals surface area (Å²) in [5, 5.41) is 8.80. The minimum atomic E-state index is -0.938. The number of imidazole rings is 1. The highest BCUT2D eigenvalue weighted by molar-refractivity contribution is 5.92. The van der Waals surface area contributed by atoms with Crippen molar-refractivity contribution in [2.24, 2.45) is 0 Å².